The lowest BCUT2D eigenvalue weighted by Gasteiger charge is -2.18. The number of benzene rings is 1. The van der Waals surface area contributed by atoms with Gasteiger partial charge in [-0.15, -0.1) is 0 Å². The third-order valence-electron chi connectivity index (χ3n) is 4.79. The van der Waals surface area contributed by atoms with E-state index >= 15 is 0 Å². The first kappa shape index (κ1) is 21.2. The summed E-state index contributed by atoms with van der Waals surface area (Å²) >= 11 is 0. The van der Waals surface area contributed by atoms with Crippen LogP contribution in [0.2, 0.25) is 0 Å². The van der Waals surface area contributed by atoms with Gasteiger partial charge in [-0.05, 0) is 30.4 Å². The van der Waals surface area contributed by atoms with Gasteiger partial charge in [0.2, 0.25) is 0 Å². The molecule has 0 amide bonds. The van der Waals surface area contributed by atoms with Crippen LogP contribution >= 0.6 is 0 Å². The fraction of sp³-hybridized carbons (Fsp3) is 0.700. The molecule has 0 fully saturated rings. The smallest absolute Gasteiger partial charge is 0.282 e. The van der Waals surface area contributed by atoms with E-state index in [1.54, 1.807) is 6.07 Å². The van der Waals surface area contributed by atoms with E-state index in [0.717, 1.165) is 24.8 Å². The van der Waals surface area contributed by atoms with Crippen molar-refractivity contribution in [3.8, 4) is 0 Å². The van der Waals surface area contributed by atoms with Crippen LogP contribution in [0.15, 0.2) is 29.2 Å². The lowest BCUT2D eigenvalue weighted by molar-refractivity contribution is 0.476. The molecule has 0 aliphatic heterocycles. The first-order valence-corrected chi connectivity index (χ1v) is 11.0. The summed E-state index contributed by atoms with van der Waals surface area (Å²) in [5.74, 6) is 0.202. The Kier molecular flexibility index (Phi) is 10.3. The molecule has 1 atom stereocenters. The first-order valence-electron chi connectivity index (χ1n) is 9.57. The van der Waals surface area contributed by atoms with Gasteiger partial charge in [-0.2, -0.15) is 8.42 Å². The van der Waals surface area contributed by atoms with Crippen molar-refractivity contribution in [2.45, 2.75) is 95.3 Å². The molecule has 0 radical (unpaired) electrons. The molecule has 0 spiro atoms. The monoisotopic (exact) mass is 354 g/mol. The molecule has 0 heterocycles. The van der Waals surface area contributed by atoms with Crippen LogP contribution in [-0.2, 0) is 10.1 Å². The summed E-state index contributed by atoms with van der Waals surface area (Å²) < 4.78 is 32.5. The SMILES string of the molecule is CCCCCCCCCCCC(CC)c1ccccc1S(=O)(=O)O. The average molecular weight is 355 g/mol. The van der Waals surface area contributed by atoms with Crippen LogP contribution in [0.25, 0.3) is 0 Å². The summed E-state index contributed by atoms with van der Waals surface area (Å²) in [6.45, 7) is 4.32. The molecule has 1 aromatic rings. The van der Waals surface area contributed by atoms with E-state index in [2.05, 4.69) is 13.8 Å². The molecule has 4 heteroatoms. The van der Waals surface area contributed by atoms with Crippen LogP contribution < -0.4 is 0 Å². The maximum absolute atomic E-state index is 11.6. The highest BCUT2D eigenvalue weighted by Gasteiger charge is 2.20. The van der Waals surface area contributed by atoms with Crippen molar-refractivity contribution in [2.24, 2.45) is 0 Å². The zero-order valence-corrected chi connectivity index (χ0v) is 16.2. The van der Waals surface area contributed by atoms with Crippen molar-refractivity contribution in [2.75, 3.05) is 0 Å². The van der Waals surface area contributed by atoms with E-state index in [0.29, 0.717) is 0 Å². The van der Waals surface area contributed by atoms with Crippen molar-refractivity contribution in [1.29, 1.82) is 0 Å². The molecule has 1 N–H and O–H groups in total. The summed E-state index contributed by atoms with van der Waals surface area (Å²) in [6, 6.07) is 6.86. The molecule has 138 valence electrons. The summed E-state index contributed by atoms with van der Waals surface area (Å²) in [5.41, 5.74) is 0.766. The van der Waals surface area contributed by atoms with Crippen LogP contribution in [0.4, 0.5) is 0 Å². The molecule has 0 saturated heterocycles. The third kappa shape index (κ3) is 7.80. The minimum Gasteiger partial charge on any atom is -0.282 e. The van der Waals surface area contributed by atoms with Gasteiger partial charge in [0, 0.05) is 0 Å². The maximum atomic E-state index is 11.6. The predicted molar refractivity (Wildman–Crippen MR) is 101 cm³/mol. The van der Waals surface area contributed by atoms with Gasteiger partial charge in [-0.25, -0.2) is 0 Å². The predicted octanol–water partition coefficient (Wildman–Crippen LogP) is 6.35. The average Bonchev–Trinajstić information content (AvgIpc) is 2.56. The second-order valence-electron chi connectivity index (χ2n) is 6.74. The standard InChI is InChI=1S/C20H34O3S/c1-3-5-6-7-8-9-10-11-12-15-18(4-2)19-16-13-14-17-20(19)24(21,22)23/h13-14,16-18H,3-12,15H2,1-2H3,(H,21,22,23). The van der Waals surface area contributed by atoms with E-state index in [1.807, 2.05) is 12.1 Å². The van der Waals surface area contributed by atoms with E-state index in [-0.39, 0.29) is 10.8 Å². The van der Waals surface area contributed by atoms with Gasteiger partial charge >= 0.3 is 0 Å². The number of rotatable bonds is 13. The Labute approximate surface area is 148 Å². The fourth-order valence-corrected chi connectivity index (χ4v) is 4.12. The Balaban J connectivity index is 2.39. The van der Waals surface area contributed by atoms with Crippen LogP contribution in [0.3, 0.4) is 0 Å². The van der Waals surface area contributed by atoms with Crippen LogP contribution in [0.5, 0.6) is 0 Å². The molecular formula is C20H34O3S. The summed E-state index contributed by atoms with van der Waals surface area (Å²) in [4.78, 5) is 0.0766. The van der Waals surface area contributed by atoms with Crippen LogP contribution in [0, 0.1) is 0 Å². The van der Waals surface area contributed by atoms with Gasteiger partial charge in [0.1, 0.15) is 0 Å². The highest BCUT2D eigenvalue weighted by atomic mass is 32.2. The minimum atomic E-state index is -4.14. The van der Waals surface area contributed by atoms with Gasteiger partial charge in [-0.1, -0.05) is 89.8 Å². The minimum absolute atomic E-state index is 0.0766. The number of hydrogen-bond donors (Lipinski definition) is 1. The fourth-order valence-electron chi connectivity index (χ4n) is 3.33. The highest BCUT2D eigenvalue weighted by molar-refractivity contribution is 7.85. The number of unbranched alkanes of at least 4 members (excludes halogenated alkanes) is 8. The van der Waals surface area contributed by atoms with Crippen molar-refractivity contribution in [1.82, 2.24) is 0 Å². The van der Waals surface area contributed by atoms with E-state index in [9.17, 15) is 13.0 Å². The first-order chi connectivity index (χ1) is 11.5. The van der Waals surface area contributed by atoms with Gasteiger partial charge in [0.25, 0.3) is 10.1 Å². The molecule has 0 aromatic heterocycles. The molecule has 0 aliphatic rings. The van der Waals surface area contributed by atoms with E-state index < -0.39 is 10.1 Å². The van der Waals surface area contributed by atoms with Crippen molar-refractivity contribution in [3.05, 3.63) is 29.8 Å². The zero-order chi connectivity index (χ0) is 17.8. The molecule has 3 nitrogen and oxygen atoms in total. The van der Waals surface area contributed by atoms with Gasteiger partial charge in [-0.3, -0.25) is 4.55 Å². The molecular weight excluding hydrogens is 320 g/mol. The zero-order valence-electron chi connectivity index (χ0n) is 15.3. The van der Waals surface area contributed by atoms with Crippen molar-refractivity contribution >= 4 is 10.1 Å². The Morgan fingerprint density at radius 3 is 1.96 bits per heavy atom. The van der Waals surface area contributed by atoms with Gasteiger partial charge in [0.15, 0.2) is 0 Å². The molecule has 1 unspecified atom stereocenters. The van der Waals surface area contributed by atoms with Crippen LogP contribution in [0.1, 0.15) is 96.0 Å². The normalized spacial score (nSPS) is 13.1. The van der Waals surface area contributed by atoms with Crippen molar-refractivity contribution < 1.29 is 13.0 Å². The quantitative estimate of drug-likeness (QED) is 0.332. The van der Waals surface area contributed by atoms with E-state index in [4.69, 9.17) is 0 Å². The topological polar surface area (TPSA) is 54.4 Å². The van der Waals surface area contributed by atoms with Crippen LogP contribution in [-0.4, -0.2) is 13.0 Å². The largest absolute Gasteiger partial charge is 0.294 e. The second-order valence-corrected chi connectivity index (χ2v) is 8.13. The second kappa shape index (κ2) is 11.6. The summed E-state index contributed by atoms with van der Waals surface area (Å²) in [5, 5.41) is 0. The van der Waals surface area contributed by atoms with E-state index in [1.165, 1.54) is 57.4 Å². The number of hydrogen-bond acceptors (Lipinski definition) is 2. The Morgan fingerprint density at radius 2 is 1.42 bits per heavy atom. The van der Waals surface area contributed by atoms with Gasteiger partial charge < -0.3 is 0 Å². The lowest BCUT2D eigenvalue weighted by atomic mass is 9.90. The molecule has 0 bridgehead atoms. The van der Waals surface area contributed by atoms with Crippen molar-refractivity contribution in [3.63, 3.8) is 0 Å². The Bertz CT molecular complexity index is 552. The Hall–Kier alpha value is -0.870. The molecule has 1 rings (SSSR count). The van der Waals surface area contributed by atoms with Gasteiger partial charge in [0.05, 0.1) is 4.90 Å². The third-order valence-corrected chi connectivity index (χ3v) is 5.71. The molecule has 1 aromatic carbocycles. The summed E-state index contributed by atoms with van der Waals surface area (Å²) in [6.07, 6.45) is 13.5. The maximum Gasteiger partial charge on any atom is 0.294 e. The summed E-state index contributed by atoms with van der Waals surface area (Å²) in [7, 11) is -4.14. The molecule has 0 aliphatic carbocycles. The molecule has 0 saturated carbocycles. The highest BCUT2D eigenvalue weighted by Crippen LogP contribution is 2.30. The Morgan fingerprint density at radius 1 is 0.875 bits per heavy atom. The molecule has 24 heavy (non-hydrogen) atoms. The lowest BCUT2D eigenvalue weighted by Crippen LogP contribution is -2.07.